The molecule has 0 radical (unpaired) electrons. The highest BCUT2D eigenvalue weighted by Crippen LogP contribution is 2.26. The highest BCUT2D eigenvalue weighted by molar-refractivity contribution is 8.00. The lowest BCUT2D eigenvalue weighted by molar-refractivity contribution is -0.138. The number of thiazole rings is 1. The number of carboxylic acids is 1. The van der Waals surface area contributed by atoms with Gasteiger partial charge in [0.15, 0.2) is 10.9 Å². The lowest BCUT2D eigenvalue weighted by Crippen LogP contribution is -2.11. The van der Waals surface area contributed by atoms with Crippen LogP contribution in [0.25, 0.3) is 0 Å². The van der Waals surface area contributed by atoms with Crippen LogP contribution in [-0.2, 0) is 11.3 Å². The van der Waals surface area contributed by atoms with Gasteiger partial charge in [0.25, 0.3) is 0 Å². The highest BCUT2D eigenvalue weighted by atomic mass is 32.2. The third-order valence-electron chi connectivity index (χ3n) is 1.49. The Kier molecular flexibility index (Phi) is 3.15. The molecular weight excluding hydrogens is 250 g/mol. The van der Waals surface area contributed by atoms with E-state index >= 15 is 0 Å². The SMILES string of the molecule is Cc1csc(Sc2nnn(CC(=O)O)n2)n1. The summed E-state index contributed by atoms with van der Waals surface area (Å²) in [6.45, 7) is 1.61. The molecule has 7 nitrogen and oxygen atoms in total. The lowest BCUT2D eigenvalue weighted by atomic mass is 10.6. The molecule has 0 aromatic carbocycles. The monoisotopic (exact) mass is 257 g/mol. The Labute approximate surface area is 98.5 Å². The highest BCUT2D eigenvalue weighted by Gasteiger charge is 2.09. The van der Waals surface area contributed by atoms with E-state index in [1.165, 1.54) is 23.1 Å². The summed E-state index contributed by atoms with van der Waals surface area (Å²) in [6, 6.07) is 0. The van der Waals surface area contributed by atoms with Crippen molar-refractivity contribution >= 4 is 29.1 Å². The standard InChI is InChI=1S/C7H7N5O2S2/c1-4-3-15-7(8-4)16-6-9-11-12(10-6)2-5(13)14/h3H,2H2,1H3,(H,13,14). The number of carbonyl (C=O) groups is 1. The summed E-state index contributed by atoms with van der Waals surface area (Å²) in [5.74, 6) is -1.00. The number of aromatic nitrogens is 5. The van der Waals surface area contributed by atoms with Crippen molar-refractivity contribution in [3.63, 3.8) is 0 Å². The molecule has 0 saturated heterocycles. The smallest absolute Gasteiger partial charge is 0.327 e. The predicted octanol–water partition coefficient (Wildman–Crippen LogP) is 0.674. The van der Waals surface area contributed by atoms with Crippen molar-refractivity contribution in [2.75, 3.05) is 0 Å². The molecule has 2 aromatic rings. The molecule has 0 amide bonds. The van der Waals surface area contributed by atoms with Crippen LogP contribution in [-0.4, -0.2) is 36.3 Å². The van der Waals surface area contributed by atoms with Gasteiger partial charge in [0.2, 0.25) is 5.16 Å². The van der Waals surface area contributed by atoms with E-state index < -0.39 is 5.97 Å². The molecule has 0 aliphatic carbocycles. The van der Waals surface area contributed by atoms with Crippen LogP contribution in [0.5, 0.6) is 0 Å². The number of carboxylic acid groups (broad SMARTS) is 1. The molecule has 0 bridgehead atoms. The lowest BCUT2D eigenvalue weighted by Gasteiger charge is -1.89. The summed E-state index contributed by atoms with van der Waals surface area (Å²) in [7, 11) is 0. The predicted molar refractivity (Wildman–Crippen MR) is 56.4 cm³/mol. The number of nitrogens with zero attached hydrogens (tertiary/aromatic N) is 5. The quantitative estimate of drug-likeness (QED) is 0.860. The minimum Gasteiger partial charge on any atom is -0.480 e. The average Bonchev–Trinajstić information content (AvgIpc) is 2.76. The fourth-order valence-corrected chi connectivity index (χ4v) is 2.55. The molecule has 0 fully saturated rings. The number of hydrogen-bond donors (Lipinski definition) is 1. The number of hydrogen-bond acceptors (Lipinski definition) is 7. The van der Waals surface area contributed by atoms with Crippen LogP contribution in [0.3, 0.4) is 0 Å². The zero-order chi connectivity index (χ0) is 11.5. The number of rotatable bonds is 4. The Morgan fingerprint density at radius 3 is 3.12 bits per heavy atom. The van der Waals surface area contributed by atoms with Crippen molar-refractivity contribution in [2.45, 2.75) is 23.0 Å². The minimum absolute atomic E-state index is 0.287. The Hall–Kier alpha value is -1.48. The fourth-order valence-electron chi connectivity index (χ4n) is 0.915. The minimum atomic E-state index is -1.00. The normalized spacial score (nSPS) is 10.6. The van der Waals surface area contributed by atoms with E-state index in [2.05, 4.69) is 20.4 Å². The van der Waals surface area contributed by atoms with Gasteiger partial charge in [0.1, 0.15) is 0 Å². The Bertz CT molecular complexity index is 508. The van der Waals surface area contributed by atoms with Crippen molar-refractivity contribution in [1.82, 2.24) is 25.2 Å². The molecule has 1 N–H and O–H groups in total. The molecule has 0 unspecified atom stereocenters. The molecular formula is C7H7N5O2S2. The van der Waals surface area contributed by atoms with Gasteiger partial charge in [-0.05, 0) is 23.9 Å². The second-order valence-electron chi connectivity index (χ2n) is 2.85. The number of aliphatic carboxylic acids is 1. The molecule has 0 aliphatic heterocycles. The van der Waals surface area contributed by atoms with Gasteiger partial charge < -0.3 is 5.11 Å². The number of tetrazole rings is 1. The Morgan fingerprint density at radius 2 is 2.50 bits per heavy atom. The van der Waals surface area contributed by atoms with Gasteiger partial charge in [-0.25, -0.2) is 4.98 Å². The van der Waals surface area contributed by atoms with Crippen LogP contribution in [0.4, 0.5) is 0 Å². The zero-order valence-electron chi connectivity index (χ0n) is 8.19. The van der Waals surface area contributed by atoms with Gasteiger partial charge >= 0.3 is 5.97 Å². The van der Waals surface area contributed by atoms with Gasteiger partial charge in [0.05, 0.1) is 0 Å². The maximum Gasteiger partial charge on any atom is 0.327 e. The van der Waals surface area contributed by atoms with Crippen LogP contribution in [0.15, 0.2) is 14.9 Å². The summed E-state index contributed by atoms with van der Waals surface area (Å²) in [4.78, 5) is 15.7. The van der Waals surface area contributed by atoms with Gasteiger partial charge in [-0.1, -0.05) is 0 Å². The molecule has 0 aliphatic rings. The van der Waals surface area contributed by atoms with Crippen LogP contribution in [0.2, 0.25) is 0 Å². The second kappa shape index (κ2) is 4.58. The molecule has 2 heterocycles. The Morgan fingerprint density at radius 1 is 1.69 bits per heavy atom. The van der Waals surface area contributed by atoms with E-state index in [4.69, 9.17) is 5.11 Å². The van der Waals surface area contributed by atoms with Gasteiger partial charge in [-0.3, -0.25) is 4.79 Å². The van der Waals surface area contributed by atoms with Crippen molar-refractivity contribution < 1.29 is 9.90 Å². The first kappa shape index (κ1) is 11.0. The maximum atomic E-state index is 10.4. The summed E-state index contributed by atoms with van der Waals surface area (Å²) in [5, 5.41) is 22.1. The molecule has 0 atom stereocenters. The third kappa shape index (κ3) is 2.76. The second-order valence-corrected chi connectivity index (χ2v) is 4.93. The average molecular weight is 257 g/mol. The van der Waals surface area contributed by atoms with Crippen LogP contribution >= 0.6 is 23.1 Å². The van der Waals surface area contributed by atoms with Crippen LogP contribution in [0, 0.1) is 6.92 Å². The van der Waals surface area contributed by atoms with Crippen LogP contribution < -0.4 is 0 Å². The van der Waals surface area contributed by atoms with Gasteiger partial charge in [-0.2, -0.15) is 4.80 Å². The van der Waals surface area contributed by atoms with Crippen LogP contribution in [0.1, 0.15) is 5.69 Å². The maximum absolute atomic E-state index is 10.4. The summed E-state index contributed by atoms with van der Waals surface area (Å²) in [6.07, 6.45) is 0. The molecule has 0 saturated carbocycles. The molecule has 9 heteroatoms. The van der Waals surface area contributed by atoms with E-state index in [1.54, 1.807) is 0 Å². The first-order valence-electron chi connectivity index (χ1n) is 4.23. The summed E-state index contributed by atoms with van der Waals surface area (Å²) < 4.78 is 0.812. The van der Waals surface area contributed by atoms with E-state index in [9.17, 15) is 4.79 Å². The van der Waals surface area contributed by atoms with E-state index in [1.807, 2.05) is 12.3 Å². The summed E-state index contributed by atoms with van der Waals surface area (Å²) in [5.41, 5.74) is 0.936. The summed E-state index contributed by atoms with van der Waals surface area (Å²) >= 11 is 2.75. The third-order valence-corrected chi connectivity index (χ3v) is 3.39. The van der Waals surface area contributed by atoms with Crippen molar-refractivity contribution in [2.24, 2.45) is 0 Å². The molecule has 84 valence electrons. The topological polar surface area (TPSA) is 93.8 Å². The molecule has 2 rings (SSSR count). The fraction of sp³-hybridized carbons (Fsp3) is 0.286. The first-order valence-corrected chi connectivity index (χ1v) is 5.92. The first-order chi connectivity index (χ1) is 7.63. The van der Waals surface area contributed by atoms with Crippen molar-refractivity contribution in [3.05, 3.63) is 11.1 Å². The van der Waals surface area contributed by atoms with Gasteiger partial charge in [0, 0.05) is 11.1 Å². The number of aryl methyl sites for hydroxylation is 1. The van der Waals surface area contributed by atoms with Gasteiger partial charge in [-0.15, -0.1) is 21.5 Å². The van der Waals surface area contributed by atoms with Crippen molar-refractivity contribution in [1.29, 1.82) is 0 Å². The van der Waals surface area contributed by atoms with Crippen molar-refractivity contribution in [3.8, 4) is 0 Å². The zero-order valence-corrected chi connectivity index (χ0v) is 9.83. The molecule has 16 heavy (non-hydrogen) atoms. The molecule has 2 aromatic heterocycles. The largest absolute Gasteiger partial charge is 0.480 e. The van der Waals surface area contributed by atoms with E-state index in [-0.39, 0.29) is 6.54 Å². The molecule has 0 spiro atoms. The Balaban J connectivity index is 2.05. The van der Waals surface area contributed by atoms with E-state index in [0.29, 0.717) is 5.16 Å². The van der Waals surface area contributed by atoms with E-state index in [0.717, 1.165) is 14.8 Å².